The SMILES string of the molecule is CC1Oc2ccc(NC(=O)CCc3nc(-c4ccsc4)no3)cc2NC1=O. The maximum atomic E-state index is 12.2. The number of nitrogens with zero attached hydrogens (tertiary/aromatic N) is 2. The van der Waals surface area contributed by atoms with Gasteiger partial charge < -0.3 is 19.9 Å². The first-order valence-electron chi connectivity index (χ1n) is 8.35. The maximum absolute atomic E-state index is 12.2. The number of carbonyl (C=O) groups excluding carboxylic acids is 2. The molecule has 138 valence electrons. The van der Waals surface area contributed by atoms with Crippen molar-refractivity contribution >= 4 is 34.5 Å². The number of ether oxygens (including phenoxy) is 1. The van der Waals surface area contributed by atoms with Crippen LogP contribution in [-0.2, 0) is 16.0 Å². The lowest BCUT2D eigenvalue weighted by molar-refractivity contribution is -0.122. The molecule has 1 aliphatic rings. The molecule has 9 heteroatoms. The molecular formula is C18H16N4O4S. The topological polar surface area (TPSA) is 106 Å². The highest BCUT2D eigenvalue weighted by atomic mass is 32.1. The number of aryl methyl sites for hydroxylation is 1. The molecule has 0 bridgehead atoms. The van der Waals surface area contributed by atoms with E-state index in [-0.39, 0.29) is 18.2 Å². The number of anilines is 2. The summed E-state index contributed by atoms with van der Waals surface area (Å²) in [4.78, 5) is 28.2. The highest BCUT2D eigenvalue weighted by Crippen LogP contribution is 2.32. The van der Waals surface area contributed by atoms with Gasteiger partial charge in [0.2, 0.25) is 17.6 Å². The highest BCUT2D eigenvalue weighted by Gasteiger charge is 2.23. The van der Waals surface area contributed by atoms with Crippen LogP contribution in [0.25, 0.3) is 11.4 Å². The third kappa shape index (κ3) is 3.82. The van der Waals surface area contributed by atoms with Gasteiger partial charge in [-0.2, -0.15) is 16.3 Å². The van der Waals surface area contributed by atoms with Gasteiger partial charge in [-0.1, -0.05) is 5.16 Å². The van der Waals surface area contributed by atoms with E-state index < -0.39 is 6.10 Å². The molecule has 2 amide bonds. The molecule has 1 atom stereocenters. The summed E-state index contributed by atoms with van der Waals surface area (Å²) >= 11 is 1.55. The van der Waals surface area contributed by atoms with Gasteiger partial charge in [-0.25, -0.2) is 0 Å². The van der Waals surface area contributed by atoms with Gasteiger partial charge in [0.1, 0.15) is 5.75 Å². The Labute approximate surface area is 158 Å². The van der Waals surface area contributed by atoms with Gasteiger partial charge in [0, 0.05) is 29.5 Å². The molecule has 0 fully saturated rings. The van der Waals surface area contributed by atoms with Crippen molar-refractivity contribution in [3.8, 4) is 17.1 Å². The molecule has 3 aromatic rings. The van der Waals surface area contributed by atoms with Crippen molar-refractivity contribution in [3.05, 3.63) is 40.9 Å². The van der Waals surface area contributed by atoms with Gasteiger partial charge in [-0.15, -0.1) is 0 Å². The first kappa shape index (κ1) is 17.2. The Bertz CT molecular complexity index is 983. The van der Waals surface area contributed by atoms with Gasteiger partial charge in [-0.3, -0.25) is 9.59 Å². The van der Waals surface area contributed by atoms with Crippen molar-refractivity contribution in [2.24, 2.45) is 0 Å². The number of fused-ring (bicyclic) bond motifs is 1. The molecule has 1 aromatic carbocycles. The van der Waals surface area contributed by atoms with Crippen LogP contribution in [0.4, 0.5) is 11.4 Å². The van der Waals surface area contributed by atoms with Gasteiger partial charge in [0.25, 0.3) is 5.91 Å². The van der Waals surface area contributed by atoms with E-state index in [1.807, 2.05) is 16.8 Å². The summed E-state index contributed by atoms with van der Waals surface area (Å²) in [5.41, 5.74) is 2.00. The minimum absolute atomic E-state index is 0.193. The van der Waals surface area contributed by atoms with Crippen molar-refractivity contribution in [2.45, 2.75) is 25.9 Å². The number of benzene rings is 1. The second-order valence-corrected chi connectivity index (χ2v) is 6.81. The van der Waals surface area contributed by atoms with Crippen molar-refractivity contribution in [3.63, 3.8) is 0 Å². The molecule has 0 radical (unpaired) electrons. The molecule has 0 aliphatic carbocycles. The Balaban J connectivity index is 1.35. The van der Waals surface area contributed by atoms with Crippen molar-refractivity contribution in [1.29, 1.82) is 0 Å². The number of rotatable bonds is 5. The predicted octanol–water partition coefficient (Wildman–Crippen LogP) is 3.09. The fraction of sp³-hybridized carbons (Fsp3) is 0.222. The van der Waals surface area contributed by atoms with E-state index in [0.29, 0.717) is 35.3 Å². The minimum Gasteiger partial charge on any atom is -0.479 e. The summed E-state index contributed by atoms with van der Waals surface area (Å²) in [6, 6.07) is 7.01. The van der Waals surface area contributed by atoms with Crippen LogP contribution in [0.5, 0.6) is 5.75 Å². The average Bonchev–Trinajstić information content (AvgIpc) is 3.33. The quantitative estimate of drug-likeness (QED) is 0.700. The summed E-state index contributed by atoms with van der Waals surface area (Å²) in [5.74, 6) is 1.09. The number of nitrogens with one attached hydrogen (secondary N) is 2. The molecule has 2 N–H and O–H groups in total. The zero-order valence-corrected chi connectivity index (χ0v) is 15.2. The van der Waals surface area contributed by atoms with Crippen molar-refractivity contribution < 1.29 is 18.8 Å². The van der Waals surface area contributed by atoms with Crippen LogP contribution in [0.2, 0.25) is 0 Å². The Kier molecular flexibility index (Phi) is 4.59. The smallest absolute Gasteiger partial charge is 0.265 e. The van der Waals surface area contributed by atoms with Gasteiger partial charge in [-0.05, 0) is 36.6 Å². The lowest BCUT2D eigenvalue weighted by Crippen LogP contribution is -2.34. The number of carbonyl (C=O) groups is 2. The molecule has 1 aliphatic heterocycles. The molecule has 4 rings (SSSR count). The first-order chi connectivity index (χ1) is 13.1. The number of aromatic nitrogens is 2. The molecular weight excluding hydrogens is 368 g/mol. The molecule has 2 aromatic heterocycles. The van der Waals surface area contributed by atoms with E-state index in [2.05, 4.69) is 20.8 Å². The largest absolute Gasteiger partial charge is 0.479 e. The lowest BCUT2D eigenvalue weighted by Gasteiger charge is -2.23. The van der Waals surface area contributed by atoms with Crippen LogP contribution >= 0.6 is 11.3 Å². The number of amides is 2. The zero-order valence-electron chi connectivity index (χ0n) is 14.4. The number of hydrogen-bond acceptors (Lipinski definition) is 7. The van der Waals surface area contributed by atoms with E-state index >= 15 is 0 Å². The Morgan fingerprint density at radius 2 is 2.26 bits per heavy atom. The Hall–Kier alpha value is -3.20. The van der Waals surface area contributed by atoms with Crippen LogP contribution in [0.3, 0.4) is 0 Å². The number of hydrogen-bond donors (Lipinski definition) is 2. The van der Waals surface area contributed by atoms with Gasteiger partial charge in [0.15, 0.2) is 6.10 Å². The van der Waals surface area contributed by atoms with Crippen LogP contribution in [0.1, 0.15) is 19.2 Å². The maximum Gasteiger partial charge on any atom is 0.265 e. The van der Waals surface area contributed by atoms with Crippen LogP contribution in [-0.4, -0.2) is 28.1 Å². The van der Waals surface area contributed by atoms with Crippen molar-refractivity contribution in [1.82, 2.24) is 10.1 Å². The first-order valence-corrected chi connectivity index (χ1v) is 9.29. The molecule has 27 heavy (non-hydrogen) atoms. The Morgan fingerprint density at radius 3 is 3.07 bits per heavy atom. The van der Waals surface area contributed by atoms with E-state index in [1.54, 1.807) is 36.5 Å². The molecule has 8 nitrogen and oxygen atoms in total. The average molecular weight is 384 g/mol. The van der Waals surface area contributed by atoms with E-state index in [9.17, 15) is 9.59 Å². The summed E-state index contributed by atoms with van der Waals surface area (Å²) < 4.78 is 10.7. The predicted molar refractivity (Wildman–Crippen MR) is 99.7 cm³/mol. The lowest BCUT2D eigenvalue weighted by atomic mass is 10.2. The van der Waals surface area contributed by atoms with E-state index in [1.165, 1.54) is 0 Å². The normalized spacial score (nSPS) is 15.6. The number of thiophene rings is 1. The summed E-state index contributed by atoms with van der Waals surface area (Å²) in [6.45, 7) is 1.68. The van der Waals surface area contributed by atoms with Gasteiger partial charge >= 0.3 is 0 Å². The van der Waals surface area contributed by atoms with Crippen LogP contribution in [0, 0.1) is 0 Å². The second-order valence-electron chi connectivity index (χ2n) is 6.03. The second kappa shape index (κ2) is 7.20. The molecule has 0 spiro atoms. The van der Waals surface area contributed by atoms with Crippen LogP contribution in [0.15, 0.2) is 39.5 Å². The van der Waals surface area contributed by atoms with Crippen LogP contribution < -0.4 is 15.4 Å². The highest BCUT2D eigenvalue weighted by molar-refractivity contribution is 7.08. The summed E-state index contributed by atoms with van der Waals surface area (Å²) in [6.07, 6.45) is -0.000577. The third-order valence-electron chi connectivity index (χ3n) is 4.01. The van der Waals surface area contributed by atoms with Gasteiger partial charge in [0.05, 0.1) is 5.69 Å². The fourth-order valence-electron chi connectivity index (χ4n) is 2.60. The Morgan fingerprint density at radius 1 is 1.37 bits per heavy atom. The molecule has 0 saturated heterocycles. The van der Waals surface area contributed by atoms with E-state index in [0.717, 1.165) is 5.56 Å². The minimum atomic E-state index is -0.536. The fourth-order valence-corrected chi connectivity index (χ4v) is 3.23. The molecule has 1 unspecified atom stereocenters. The third-order valence-corrected chi connectivity index (χ3v) is 4.69. The monoisotopic (exact) mass is 384 g/mol. The summed E-state index contributed by atoms with van der Waals surface area (Å²) in [7, 11) is 0. The molecule has 0 saturated carbocycles. The summed E-state index contributed by atoms with van der Waals surface area (Å²) in [5, 5.41) is 13.3. The zero-order chi connectivity index (χ0) is 18.8. The van der Waals surface area contributed by atoms with E-state index in [4.69, 9.17) is 9.26 Å². The molecule has 3 heterocycles. The van der Waals surface area contributed by atoms with Crippen molar-refractivity contribution in [2.75, 3.05) is 10.6 Å². The standard InChI is InChI=1S/C18H16N4O4S/c1-10-18(24)20-13-8-12(2-3-14(13)25-10)19-15(23)4-5-16-21-17(22-26-16)11-6-7-27-9-11/h2-3,6-10H,4-5H2,1H3,(H,19,23)(H,20,24).